The number of benzene rings is 1. The first kappa shape index (κ1) is 13.7. The number of hydrogen-bond donors (Lipinski definition) is 1. The fourth-order valence-corrected chi connectivity index (χ4v) is 2.64. The van der Waals surface area contributed by atoms with Crippen LogP contribution in [0.3, 0.4) is 0 Å². The molecule has 3 nitrogen and oxygen atoms in total. The van der Waals surface area contributed by atoms with E-state index in [1.165, 1.54) is 22.5 Å². The SMILES string of the molecule is CCc1c(C)nn(CCCc2cccc(N)c2)c1C. The molecule has 0 saturated heterocycles. The summed E-state index contributed by atoms with van der Waals surface area (Å²) < 4.78 is 2.14. The van der Waals surface area contributed by atoms with Gasteiger partial charge in [0.2, 0.25) is 0 Å². The highest BCUT2D eigenvalue weighted by atomic mass is 15.3. The number of hydrogen-bond acceptors (Lipinski definition) is 2. The van der Waals surface area contributed by atoms with Crippen molar-refractivity contribution >= 4 is 5.69 Å². The van der Waals surface area contributed by atoms with E-state index in [-0.39, 0.29) is 0 Å². The van der Waals surface area contributed by atoms with Crippen molar-refractivity contribution in [1.82, 2.24) is 9.78 Å². The van der Waals surface area contributed by atoms with Crippen molar-refractivity contribution < 1.29 is 0 Å². The molecule has 19 heavy (non-hydrogen) atoms. The first-order valence-electron chi connectivity index (χ1n) is 6.99. The number of aryl methyl sites for hydroxylation is 3. The van der Waals surface area contributed by atoms with Crippen molar-refractivity contribution in [3.8, 4) is 0 Å². The van der Waals surface area contributed by atoms with Gasteiger partial charge in [0.15, 0.2) is 0 Å². The molecule has 0 amide bonds. The van der Waals surface area contributed by atoms with Gasteiger partial charge in [-0.05, 0) is 56.4 Å². The van der Waals surface area contributed by atoms with E-state index >= 15 is 0 Å². The van der Waals surface area contributed by atoms with Gasteiger partial charge in [-0.2, -0.15) is 5.10 Å². The van der Waals surface area contributed by atoms with Gasteiger partial charge >= 0.3 is 0 Å². The van der Waals surface area contributed by atoms with Gasteiger partial charge < -0.3 is 5.73 Å². The minimum absolute atomic E-state index is 0.844. The maximum absolute atomic E-state index is 5.79. The number of aromatic nitrogens is 2. The molecule has 102 valence electrons. The van der Waals surface area contributed by atoms with Crippen LogP contribution in [-0.2, 0) is 19.4 Å². The lowest BCUT2D eigenvalue weighted by molar-refractivity contribution is 0.561. The monoisotopic (exact) mass is 257 g/mol. The zero-order chi connectivity index (χ0) is 13.8. The van der Waals surface area contributed by atoms with Crippen LogP contribution in [0.25, 0.3) is 0 Å². The van der Waals surface area contributed by atoms with Gasteiger partial charge in [-0.3, -0.25) is 4.68 Å². The van der Waals surface area contributed by atoms with E-state index in [0.717, 1.165) is 31.5 Å². The molecule has 0 atom stereocenters. The first-order chi connectivity index (χ1) is 9.11. The summed E-state index contributed by atoms with van der Waals surface area (Å²) >= 11 is 0. The molecule has 1 aromatic heterocycles. The predicted molar refractivity (Wildman–Crippen MR) is 80.3 cm³/mol. The molecule has 0 unspecified atom stereocenters. The van der Waals surface area contributed by atoms with Crippen molar-refractivity contribution in [2.45, 2.75) is 46.6 Å². The van der Waals surface area contributed by atoms with Crippen molar-refractivity contribution in [2.24, 2.45) is 0 Å². The summed E-state index contributed by atoms with van der Waals surface area (Å²) in [5, 5.41) is 4.62. The van der Waals surface area contributed by atoms with Crippen LogP contribution < -0.4 is 5.73 Å². The van der Waals surface area contributed by atoms with Crippen LogP contribution in [0.2, 0.25) is 0 Å². The van der Waals surface area contributed by atoms with Gasteiger partial charge in [0, 0.05) is 17.9 Å². The first-order valence-corrected chi connectivity index (χ1v) is 6.99. The molecule has 1 aromatic carbocycles. The van der Waals surface area contributed by atoms with E-state index in [2.05, 4.69) is 42.7 Å². The number of anilines is 1. The molecular formula is C16H23N3. The molecule has 2 N–H and O–H groups in total. The standard InChI is InChI=1S/C16H23N3/c1-4-16-12(2)18-19(13(16)3)10-6-8-14-7-5-9-15(17)11-14/h5,7,9,11H,4,6,8,10,17H2,1-3H3. The molecule has 0 spiro atoms. The molecule has 0 aliphatic rings. The van der Waals surface area contributed by atoms with E-state index in [1.54, 1.807) is 0 Å². The zero-order valence-electron chi connectivity index (χ0n) is 12.1. The van der Waals surface area contributed by atoms with E-state index in [0.29, 0.717) is 0 Å². The molecule has 3 heteroatoms. The second-order valence-electron chi connectivity index (χ2n) is 5.07. The summed E-state index contributed by atoms with van der Waals surface area (Å²) in [6.07, 6.45) is 3.20. The second-order valence-corrected chi connectivity index (χ2v) is 5.07. The van der Waals surface area contributed by atoms with Crippen molar-refractivity contribution in [1.29, 1.82) is 0 Å². The summed E-state index contributed by atoms with van der Waals surface area (Å²) in [7, 11) is 0. The normalized spacial score (nSPS) is 10.9. The predicted octanol–water partition coefficient (Wildman–Crippen LogP) is 3.28. The van der Waals surface area contributed by atoms with Crippen LogP contribution in [-0.4, -0.2) is 9.78 Å². The van der Waals surface area contributed by atoms with Crippen LogP contribution in [0.1, 0.15) is 35.9 Å². The smallest absolute Gasteiger partial charge is 0.0628 e. The van der Waals surface area contributed by atoms with Crippen molar-refractivity contribution in [2.75, 3.05) is 5.73 Å². The van der Waals surface area contributed by atoms with Gasteiger partial charge in [-0.25, -0.2) is 0 Å². The van der Waals surface area contributed by atoms with Gasteiger partial charge in [0.25, 0.3) is 0 Å². The van der Waals surface area contributed by atoms with E-state index < -0.39 is 0 Å². The summed E-state index contributed by atoms with van der Waals surface area (Å²) in [6, 6.07) is 8.13. The Morgan fingerprint density at radius 3 is 2.68 bits per heavy atom. The van der Waals surface area contributed by atoms with Crippen molar-refractivity contribution in [3.63, 3.8) is 0 Å². The molecule has 0 aliphatic carbocycles. The Morgan fingerprint density at radius 2 is 2.05 bits per heavy atom. The van der Waals surface area contributed by atoms with E-state index in [1.807, 2.05) is 12.1 Å². The number of nitrogen functional groups attached to an aromatic ring is 1. The summed E-state index contributed by atoms with van der Waals surface area (Å²) in [4.78, 5) is 0. The van der Waals surface area contributed by atoms with Crippen LogP contribution in [0.5, 0.6) is 0 Å². The van der Waals surface area contributed by atoms with Crippen LogP contribution in [0.4, 0.5) is 5.69 Å². The lowest BCUT2D eigenvalue weighted by atomic mass is 10.1. The quantitative estimate of drug-likeness (QED) is 0.835. The maximum Gasteiger partial charge on any atom is 0.0628 e. The topological polar surface area (TPSA) is 43.8 Å². The Balaban J connectivity index is 1.96. The molecule has 1 heterocycles. The van der Waals surface area contributed by atoms with Crippen LogP contribution in [0.15, 0.2) is 24.3 Å². The molecule has 2 aromatic rings. The largest absolute Gasteiger partial charge is 0.399 e. The highest BCUT2D eigenvalue weighted by molar-refractivity contribution is 5.40. The molecule has 0 aliphatic heterocycles. The average Bonchev–Trinajstić information content (AvgIpc) is 2.64. The highest BCUT2D eigenvalue weighted by Gasteiger charge is 2.08. The Bertz CT molecular complexity index is 555. The van der Waals surface area contributed by atoms with E-state index in [9.17, 15) is 0 Å². The third-order valence-corrected chi connectivity index (χ3v) is 3.67. The van der Waals surface area contributed by atoms with Gasteiger partial charge in [-0.1, -0.05) is 19.1 Å². The second kappa shape index (κ2) is 5.91. The van der Waals surface area contributed by atoms with Crippen molar-refractivity contribution in [3.05, 3.63) is 46.8 Å². The van der Waals surface area contributed by atoms with Gasteiger partial charge in [-0.15, -0.1) is 0 Å². The number of rotatable bonds is 5. The minimum atomic E-state index is 0.844. The lowest BCUT2D eigenvalue weighted by Crippen LogP contribution is -2.04. The Kier molecular flexibility index (Phi) is 4.25. The third-order valence-electron chi connectivity index (χ3n) is 3.67. The molecule has 0 saturated carbocycles. The molecule has 0 fully saturated rings. The zero-order valence-corrected chi connectivity index (χ0v) is 12.1. The highest BCUT2D eigenvalue weighted by Crippen LogP contribution is 2.15. The van der Waals surface area contributed by atoms with Crippen LogP contribution >= 0.6 is 0 Å². The molecule has 2 rings (SSSR count). The third kappa shape index (κ3) is 3.16. The molecule has 0 radical (unpaired) electrons. The lowest BCUT2D eigenvalue weighted by Gasteiger charge is -2.06. The fraction of sp³-hybridized carbons (Fsp3) is 0.438. The number of nitrogens with zero attached hydrogens (tertiary/aromatic N) is 2. The Hall–Kier alpha value is -1.77. The molecular weight excluding hydrogens is 234 g/mol. The summed E-state index contributed by atoms with van der Waals surface area (Å²) in [6.45, 7) is 7.43. The van der Waals surface area contributed by atoms with Gasteiger partial charge in [0.05, 0.1) is 5.69 Å². The fourth-order valence-electron chi connectivity index (χ4n) is 2.64. The number of nitrogens with two attached hydrogens (primary N) is 1. The van der Waals surface area contributed by atoms with Gasteiger partial charge in [0.1, 0.15) is 0 Å². The van der Waals surface area contributed by atoms with Crippen LogP contribution in [0, 0.1) is 13.8 Å². The summed E-state index contributed by atoms with van der Waals surface area (Å²) in [5.41, 5.74) is 11.8. The average molecular weight is 257 g/mol. The Morgan fingerprint density at radius 1 is 1.26 bits per heavy atom. The summed E-state index contributed by atoms with van der Waals surface area (Å²) in [5.74, 6) is 0. The maximum atomic E-state index is 5.79. The molecule has 0 bridgehead atoms. The Labute approximate surface area is 115 Å². The minimum Gasteiger partial charge on any atom is -0.399 e. The van der Waals surface area contributed by atoms with E-state index in [4.69, 9.17) is 5.73 Å².